The van der Waals surface area contributed by atoms with Crippen molar-refractivity contribution in [3.8, 4) is 0 Å². The third kappa shape index (κ3) is 2.03. The van der Waals surface area contributed by atoms with Crippen molar-refractivity contribution in [3.63, 3.8) is 0 Å². The quantitative estimate of drug-likeness (QED) is 0.667. The van der Waals surface area contributed by atoms with E-state index in [1.54, 1.807) is 0 Å². The Morgan fingerprint density at radius 3 is 1.75 bits per heavy atom. The first-order chi connectivity index (χ1) is 9.45. The topological polar surface area (TPSA) is 105 Å². The fourth-order valence-electron chi connectivity index (χ4n) is 1.76. The van der Waals surface area contributed by atoms with Crippen molar-refractivity contribution in [2.45, 2.75) is 13.8 Å². The van der Waals surface area contributed by atoms with Crippen LogP contribution in [0.3, 0.4) is 0 Å². The summed E-state index contributed by atoms with van der Waals surface area (Å²) < 4.78 is 43.8. The molecule has 0 atom stereocenters. The Bertz CT molecular complexity index is 577. The van der Waals surface area contributed by atoms with Gasteiger partial charge in [-0.15, -0.1) is 0 Å². The molecule has 0 amide bonds. The third-order valence-electron chi connectivity index (χ3n) is 2.48. The molecule has 0 unspecified atom stereocenters. The van der Waals surface area contributed by atoms with Crippen LogP contribution in [0.5, 0.6) is 0 Å². The zero-order chi connectivity index (χ0) is 14.9. The molecule has 0 aromatic rings. The van der Waals surface area contributed by atoms with Crippen molar-refractivity contribution in [3.05, 3.63) is 21.3 Å². The van der Waals surface area contributed by atoms with Gasteiger partial charge in [0.05, 0.1) is 13.2 Å². The Morgan fingerprint density at radius 2 is 1.40 bits per heavy atom. The summed E-state index contributed by atoms with van der Waals surface area (Å²) in [5.41, 5.74) is 0. The number of sulfone groups is 1. The number of ether oxygens (including phenoxy) is 4. The number of carbonyl (C=O) groups excluding carboxylic acids is 2. The van der Waals surface area contributed by atoms with Crippen molar-refractivity contribution in [2.75, 3.05) is 20.0 Å². The lowest BCUT2D eigenvalue weighted by Gasteiger charge is -2.07. The van der Waals surface area contributed by atoms with Crippen LogP contribution in [0.4, 0.5) is 0 Å². The number of rotatable bonds is 4. The molecule has 8 nitrogen and oxygen atoms in total. The molecule has 0 spiro atoms. The zero-order valence-corrected chi connectivity index (χ0v) is 11.6. The predicted octanol–water partition coefficient (Wildman–Crippen LogP) is -0.0315. The molecular weight excluding hydrogens is 292 g/mol. The molecule has 0 bridgehead atoms. The average molecular weight is 304 g/mol. The van der Waals surface area contributed by atoms with Gasteiger partial charge in [-0.3, -0.25) is 0 Å². The number of carbonyl (C=O) groups is 2. The van der Waals surface area contributed by atoms with Crippen LogP contribution < -0.4 is 0 Å². The second-order valence-corrected chi connectivity index (χ2v) is 5.49. The van der Waals surface area contributed by atoms with Crippen molar-refractivity contribution in [2.24, 2.45) is 0 Å². The standard InChI is InChI=1S/C11H12O8S/c1-3-16-10(12)8-6-7(19-5-18-6)9(20(8,14)15)11(13)17-4-2/h3-5H2,1-2H3. The molecular formula is C11H12O8S. The van der Waals surface area contributed by atoms with E-state index < -0.39 is 31.6 Å². The Kier molecular flexibility index (Phi) is 3.71. The zero-order valence-electron chi connectivity index (χ0n) is 10.8. The number of hydrogen-bond acceptors (Lipinski definition) is 8. The van der Waals surface area contributed by atoms with Gasteiger partial charge in [0.2, 0.25) is 26.4 Å². The first kappa shape index (κ1) is 14.4. The van der Waals surface area contributed by atoms with E-state index in [2.05, 4.69) is 9.47 Å². The maximum atomic E-state index is 12.3. The highest BCUT2D eigenvalue weighted by atomic mass is 32.2. The normalized spacial score (nSPS) is 19.3. The minimum absolute atomic E-state index is 0.0178. The highest BCUT2D eigenvalue weighted by Crippen LogP contribution is 2.41. The van der Waals surface area contributed by atoms with E-state index >= 15 is 0 Å². The van der Waals surface area contributed by atoms with Crippen LogP contribution in [0.1, 0.15) is 13.8 Å². The van der Waals surface area contributed by atoms with Crippen LogP contribution in [0.25, 0.3) is 0 Å². The molecule has 2 aliphatic heterocycles. The largest absolute Gasteiger partial charge is 0.462 e. The fourth-order valence-corrected chi connectivity index (χ4v) is 3.31. The van der Waals surface area contributed by atoms with Crippen LogP contribution >= 0.6 is 0 Å². The minimum atomic E-state index is -4.37. The van der Waals surface area contributed by atoms with E-state index in [0.717, 1.165) is 0 Å². The summed E-state index contributed by atoms with van der Waals surface area (Å²) in [7, 11) is -4.37. The molecule has 2 rings (SSSR count). The van der Waals surface area contributed by atoms with Gasteiger partial charge < -0.3 is 18.9 Å². The molecule has 0 aliphatic carbocycles. The highest BCUT2D eigenvalue weighted by molar-refractivity contribution is 8.01. The Balaban J connectivity index is 2.52. The lowest BCUT2D eigenvalue weighted by molar-refractivity contribution is -0.138. The Morgan fingerprint density at radius 1 is 1.00 bits per heavy atom. The molecule has 2 aliphatic rings. The second-order valence-electron chi connectivity index (χ2n) is 3.67. The Labute approximate surface area is 114 Å². The van der Waals surface area contributed by atoms with Gasteiger partial charge in [-0.2, -0.15) is 0 Å². The summed E-state index contributed by atoms with van der Waals surface area (Å²) in [5, 5.41) is 0. The van der Waals surface area contributed by atoms with Gasteiger partial charge in [0.15, 0.2) is 11.5 Å². The average Bonchev–Trinajstić information content (AvgIpc) is 2.85. The molecule has 9 heteroatoms. The van der Waals surface area contributed by atoms with Crippen molar-refractivity contribution >= 4 is 21.8 Å². The SMILES string of the molecule is CCOC(=O)C1=C2OCOC2=C(C(=O)OCC)S1(=O)=O. The van der Waals surface area contributed by atoms with Crippen LogP contribution in [0.2, 0.25) is 0 Å². The number of esters is 2. The molecule has 1 saturated heterocycles. The molecule has 0 radical (unpaired) electrons. The molecule has 110 valence electrons. The smallest absolute Gasteiger partial charge is 0.354 e. The molecule has 1 fully saturated rings. The van der Waals surface area contributed by atoms with Crippen LogP contribution in [-0.2, 0) is 38.4 Å². The van der Waals surface area contributed by atoms with Crippen LogP contribution in [0, 0.1) is 0 Å². The van der Waals surface area contributed by atoms with E-state index in [0.29, 0.717) is 0 Å². The minimum Gasteiger partial charge on any atom is -0.462 e. The van der Waals surface area contributed by atoms with Crippen molar-refractivity contribution in [1.82, 2.24) is 0 Å². The van der Waals surface area contributed by atoms with Gasteiger partial charge in [0.1, 0.15) is 0 Å². The maximum Gasteiger partial charge on any atom is 0.354 e. The number of hydrogen-bond donors (Lipinski definition) is 0. The lowest BCUT2D eigenvalue weighted by Crippen LogP contribution is -2.21. The molecule has 0 N–H and O–H groups in total. The van der Waals surface area contributed by atoms with E-state index in [1.165, 1.54) is 13.8 Å². The van der Waals surface area contributed by atoms with E-state index in [9.17, 15) is 18.0 Å². The van der Waals surface area contributed by atoms with Gasteiger partial charge >= 0.3 is 11.9 Å². The molecule has 0 saturated carbocycles. The van der Waals surface area contributed by atoms with Crippen molar-refractivity contribution < 1.29 is 37.0 Å². The first-order valence-corrected chi connectivity index (χ1v) is 7.27. The summed E-state index contributed by atoms with van der Waals surface area (Å²) in [6.45, 7) is 2.73. The molecule has 0 aromatic carbocycles. The molecule has 0 aromatic heterocycles. The summed E-state index contributed by atoms with van der Waals surface area (Å²) in [4.78, 5) is 22.1. The van der Waals surface area contributed by atoms with Gasteiger partial charge in [0.25, 0.3) is 0 Å². The van der Waals surface area contributed by atoms with Crippen LogP contribution in [0.15, 0.2) is 21.3 Å². The fraction of sp³-hybridized carbons (Fsp3) is 0.455. The molecule has 2 heterocycles. The summed E-state index contributed by atoms with van der Waals surface area (Å²) >= 11 is 0. The van der Waals surface area contributed by atoms with Crippen LogP contribution in [-0.4, -0.2) is 40.4 Å². The second kappa shape index (κ2) is 5.16. The number of fused-ring (bicyclic) bond motifs is 1. The summed E-state index contributed by atoms with van der Waals surface area (Å²) in [6, 6.07) is 0. The van der Waals surface area contributed by atoms with E-state index in [4.69, 9.17) is 9.47 Å². The summed E-state index contributed by atoms with van der Waals surface area (Å²) in [5.74, 6) is -2.78. The van der Waals surface area contributed by atoms with Gasteiger partial charge in [0, 0.05) is 0 Å². The summed E-state index contributed by atoms with van der Waals surface area (Å²) in [6.07, 6.45) is 0. The van der Waals surface area contributed by atoms with E-state index in [-0.39, 0.29) is 31.5 Å². The van der Waals surface area contributed by atoms with Gasteiger partial charge in [-0.05, 0) is 13.8 Å². The Hall–Kier alpha value is -2.03. The maximum absolute atomic E-state index is 12.3. The first-order valence-electron chi connectivity index (χ1n) is 5.79. The van der Waals surface area contributed by atoms with Crippen molar-refractivity contribution in [1.29, 1.82) is 0 Å². The third-order valence-corrected chi connectivity index (χ3v) is 4.26. The molecule has 20 heavy (non-hydrogen) atoms. The van der Waals surface area contributed by atoms with Gasteiger partial charge in [-0.1, -0.05) is 0 Å². The predicted molar refractivity (Wildman–Crippen MR) is 63.3 cm³/mol. The van der Waals surface area contributed by atoms with Gasteiger partial charge in [-0.25, -0.2) is 18.0 Å². The highest BCUT2D eigenvalue weighted by Gasteiger charge is 2.51. The monoisotopic (exact) mass is 304 g/mol. The van der Waals surface area contributed by atoms with E-state index in [1.807, 2.05) is 0 Å². The lowest BCUT2D eigenvalue weighted by atomic mass is 10.3.